The normalized spacial score (nSPS) is 16.7. The molecule has 1 aliphatic rings. The minimum absolute atomic E-state index is 0.0695. The van der Waals surface area contributed by atoms with E-state index in [0.717, 1.165) is 30.2 Å². The molecule has 1 saturated heterocycles. The van der Waals surface area contributed by atoms with Crippen molar-refractivity contribution in [2.24, 2.45) is 0 Å². The molecular formula is C17H20F3N3O3. The highest BCUT2D eigenvalue weighted by Crippen LogP contribution is 2.33. The number of benzene rings is 1. The van der Waals surface area contributed by atoms with Crippen LogP contribution >= 0.6 is 0 Å². The molecule has 0 radical (unpaired) electrons. The Hall–Kier alpha value is -2.29. The molecule has 0 saturated carbocycles. The van der Waals surface area contributed by atoms with Gasteiger partial charge in [-0.15, -0.1) is 10.2 Å². The first kappa shape index (κ1) is 18.5. The van der Waals surface area contributed by atoms with Crippen molar-refractivity contribution in [1.29, 1.82) is 0 Å². The molecule has 0 unspecified atom stereocenters. The van der Waals surface area contributed by atoms with Gasteiger partial charge in [0, 0.05) is 18.5 Å². The number of aromatic nitrogens is 2. The quantitative estimate of drug-likeness (QED) is 0.802. The number of alkyl halides is 3. The lowest BCUT2D eigenvalue weighted by Gasteiger charge is -2.30. The second-order valence-corrected chi connectivity index (χ2v) is 6.21. The highest BCUT2D eigenvalue weighted by atomic mass is 19.4. The van der Waals surface area contributed by atoms with Gasteiger partial charge in [-0.2, -0.15) is 13.2 Å². The van der Waals surface area contributed by atoms with Crippen molar-refractivity contribution in [1.82, 2.24) is 15.1 Å². The SMILES string of the molecule is COc1cc(CN2CCC(c3nnc(C(F)(F)F)o3)CC2)cc(OC)c1. The van der Waals surface area contributed by atoms with Crippen molar-refractivity contribution in [3.8, 4) is 11.5 Å². The van der Waals surface area contributed by atoms with Crippen LogP contribution in [0.4, 0.5) is 13.2 Å². The average molecular weight is 371 g/mol. The molecule has 0 amide bonds. The number of ether oxygens (including phenoxy) is 2. The van der Waals surface area contributed by atoms with Crippen molar-refractivity contribution in [3.63, 3.8) is 0 Å². The smallest absolute Gasteiger partial charge is 0.470 e. The molecule has 142 valence electrons. The van der Waals surface area contributed by atoms with Crippen LogP contribution in [0.15, 0.2) is 22.6 Å². The van der Waals surface area contributed by atoms with Gasteiger partial charge in [-0.1, -0.05) is 0 Å². The van der Waals surface area contributed by atoms with Crippen LogP contribution in [0.5, 0.6) is 11.5 Å². The molecule has 0 aliphatic carbocycles. The summed E-state index contributed by atoms with van der Waals surface area (Å²) in [5.74, 6) is 0.0904. The van der Waals surface area contributed by atoms with Gasteiger partial charge in [-0.3, -0.25) is 4.90 Å². The standard InChI is InChI=1S/C17H20F3N3O3/c1-24-13-7-11(8-14(9-13)25-2)10-23-5-3-12(4-6-23)15-21-22-16(26-15)17(18,19)20/h7-9,12H,3-6,10H2,1-2H3. The molecule has 1 aromatic heterocycles. The molecule has 1 fully saturated rings. The maximum Gasteiger partial charge on any atom is 0.470 e. The summed E-state index contributed by atoms with van der Waals surface area (Å²) in [6.07, 6.45) is -3.27. The summed E-state index contributed by atoms with van der Waals surface area (Å²) < 4.78 is 53.1. The van der Waals surface area contributed by atoms with Crippen molar-refractivity contribution < 1.29 is 27.1 Å². The van der Waals surface area contributed by atoms with Crippen LogP contribution in [0.3, 0.4) is 0 Å². The van der Waals surface area contributed by atoms with Gasteiger partial charge in [-0.25, -0.2) is 0 Å². The van der Waals surface area contributed by atoms with Crippen LogP contribution in [0, 0.1) is 0 Å². The summed E-state index contributed by atoms with van der Waals surface area (Å²) in [6, 6.07) is 5.70. The summed E-state index contributed by atoms with van der Waals surface area (Å²) in [4.78, 5) is 2.23. The van der Waals surface area contributed by atoms with Gasteiger partial charge >= 0.3 is 12.1 Å². The van der Waals surface area contributed by atoms with E-state index in [1.807, 2.05) is 18.2 Å². The van der Waals surface area contributed by atoms with Crippen LogP contribution in [-0.2, 0) is 12.7 Å². The van der Waals surface area contributed by atoms with Gasteiger partial charge in [0.1, 0.15) is 11.5 Å². The number of piperidine rings is 1. The zero-order valence-electron chi connectivity index (χ0n) is 14.5. The van der Waals surface area contributed by atoms with E-state index < -0.39 is 12.1 Å². The molecule has 9 heteroatoms. The molecule has 0 spiro atoms. The molecule has 1 aliphatic heterocycles. The molecule has 3 rings (SSSR count). The largest absolute Gasteiger partial charge is 0.497 e. The Labute approximate surface area is 148 Å². The third-order valence-electron chi connectivity index (χ3n) is 4.44. The fraction of sp³-hybridized carbons (Fsp3) is 0.529. The Morgan fingerprint density at radius 3 is 2.19 bits per heavy atom. The van der Waals surface area contributed by atoms with E-state index in [-0.39, 0.29) is 11.8 Å². The Morgan fingerprint density at radius 1 is 1.08 bits per heavy atom. The highest BCUT2D eigenvalue weighted by Gasteiger charge is 2.39. The zero-order chi connectivity index (χ0) is 18.7. The Kier molecular flexibility index (Phi) is 5.36. The van der Waals surface area contributed by atoms with Crippen molar-refractivity contribution in [2.75, 3.05) is 27.3 Å². The number of hydrogen-bond donors (Lipinski definition) is 0. The number of halogens is 3. The summed E-state index contributed by atoms with van der Waals surface area (Å²) in [5, 5.41) is 6.68. The van der Waals surface area contributed by atoms with Crippen LogP contribution in [0.1, 0.15) is 36.1 Å². The Bertz CT molecular complexity index is 718. The molecular weight excluding hydrogens is 351 g/mol. The molecule has 0 bridgehead atoms. The zero-order valence-corrected chi connectivity index (χ0v) is 14.5. The second-order valence-electron chi connectivity index (χ2n) is 6.21. The van der Waals surface area contributed by atoms with Crippen LogP contribution in [-0.4, -0.2) is 42.4 Å². The maximum atomic E-state index is 12.6. The van der Waals surface area contributed by atoms with E-state index in [1.165, 1.54) is 0 Å². The number of likely N-dealkylation sites (tertiary alicyclic amines) is 1. The van der Waals surface area contributed by atoms with Crippen LogP contribution in [0.2, 0.25) is 0 Å². The van der Waals surface area contributed by atoms with E-state index in [1.54, 1.807) is 14.2 Å². The first-order valence-corrected chi connectivity index (χ1v) is 8.24. The predicted molar refractivity (Wildman–Crippen MR) is 86.1 cm³/mol. The lowest BCUT2D eigenvalue weighted by molar-refractivity contribution is -0.157. The van der Waals surface area contributed by atoms with E-state index in [9.17, 15) is 13.2 Å². The lowest BCUT2D eigenvalue weighted by atomic mass is 9.96. The second kappa shape index (κ2) is 7.53. The summed E-state index contributed by atoms with van der Waals surface area (Å²) >= 11 is 0. The highest BCUT2D eigenvalue weighted by molar-refractivity contribution is 5.38. The first-order valence-electron chi connectivity index (χ1n) is 8.24. The fourth-order valence-electron chi connectivity index (χ4n) is 3.07. The Morgan fingerprint density at radius 2 is 1.69 bits per heavy atom. The maximum absolute atomic E-state index is 12.6. The topological polar surface area (TPSA) is 60.6 Å². The Balaban J connectivity index is 1.60. The molecule has 0 atom stereocenters. The van der Waals surface area contributed by atoms with Gasteiger partial charge in [0.2, 0.25) is 5.89 Å². The van der Waals surface area contributed by atoms with Crippen LogP contribution in [0.25, 0.3) is 0 Å². The third kappa shape index (κ3) is 4.27. The fourth-order valence-corrected chi connectivity index (χ4v) is 3.07. The summed E-state index contributed by atoms with van der Waals surface area (Å²) in [6.45, 7) is 2.17. The third-order valence-corrected chi connectivity index (χ3v) is 4.44. The average Bonchev–Trinajstić information content (AvgIpc) is 3.12. The molecule has 1 aromatic carbocycles. The van der Waals surface area contributed by atoms with Gasteiger partial charge in [0.15, 0.2) is 0 Å². The minimum atomic E-state index is -4.60. The molecule has 26 heavy (non-hydrogen) atoms. The van der Waals surface area contributed by atoms with Crippen molar-refractivity contribution in [3.05, 3.63) is 35.5 Å². The van der Waals surface area contributed by atoms with E-state index in [2.05, 4.69) is 15.1 Å². The van der Waals surface area contributed by atoms with Gasteiger partial charge in [0.25, 0.3) is 0 Å². The van der Waals surface area contributed by atoms with Gasteiger partial charge in [-0.05, 0) is 43.6 Å². The predicted octanol–water partition coefficient (Wildman–Crippen LogP) is 3.49. The number of rotatable bonds is 5. The lowest BCUT2D eigenvalue weighted by Crippen LogP contribution is -2.32. The van der Waals surface area contributed by atoms with E-state index in [0.29, 0.717) is 19.4 Å². The number of hydrogen-bond acceptors (Lipinski definition) is 6. The monoisotopic (exact) mass is 371 g/mol. The summed E-state index contributed by atoms with van der Waals surface area (Å²) in [7, 11) is 3.20. The van der Waals surface area contributed by atoms with E-state index in [4.69, 9.17) is 13.9 Å². The van der Waals surface area contributed by atoms with Crippen LogP contribution < -0.4 is 9.47 Å². The van der Waals surface area contributed by atoms with Crippen molar-refractivity contribution >= 4 is 0 Å². The van der Waals surface area contributed by atoms with Gasteiger partial charge < -0.3 is 13.9 Å². The van der Waals surface area contributed by atoms with Crippen molar-refractivity contribution in [2.45, 2.75) is 31.5 Å². The number of methoxy groups -OCH3 is 2. The molecule has 6 nitrogen and oxygen atoms in total. The number of nitrogens with zero attached hydrogens (tertiary/aromatic N) is 3. The molecule has 2 aromatic rings. The molecule has 2 heterocycles. The minimum Gasteiger partial charge on any atom is -0.497 e. The summed E-state index contributed by atoms with van der Waals surface area (Å²) in [5.41, 5.74) is 1.05. The first-order chi connectivity index (χ1) is 12.4. The molecule has 0 N–H and O–H groups in total. The van der Waals surface area contributed by atoms with E-state index >= 15 is 0 Å². The van der Waals surface area contributed by atoms with Gasteiger partial charge in [0.05, 0.1) is 14.2 Å².